The van der Waals surface area contributed by atoms with Crippen molar-refractivity contribution in [1.82, 2.24) is 10.2 Å². The number of H-pyrrole nitrogens is 1. The molecule has 0 aliphatic carbocycles. The molecule has 15 heavy (non-hydrogen) atoms. The van der Waals surface area contributed by atoms with Crippen molar-refractivity contribution in [3.05, 3.63) is 39.1 Å². The zero-order valence-corrected chi connectivity index (χ0v) is 10.8. The summed E-state index contributed by atoms with van der Waals surface area (Å²) in [7, 11) is 0. The molecule has 0 atom stereocenters. The molecule has 1 N–H and O–H groups in total. The zero-order valence-electron chi connectivity index (χ0n) is 8.44. The molecule has 4 heteroatoms. The number of nitrogens with zero attached hydrogens (tertiary/aromatic N) is 1. The van der Waals surface area contributed by atoms with Gasteiger partial charge in [-0.2, -0.15) is 5.10 Å². The van der Waals surface area contributed by atoms with E-state index in [0.29, 0.717) is 0 Å². The molecule has 2 rings (SSSR count). The van der Waals surface area contributed by atoms with Gasteiger partial charge < -0.3 is 0 Å². The topological polar surface area (TPSA) is 28.7 Å². The standard InChI is InChI=1S/C11H10BrClN2/c1-6-3-4-8(13)5-9(6)10-7(2)14-15-11(10)12/h3-5H,1-2H3,(H,14,15). The summed E-state index contributed by atoms with van der Waals surface area (Å²) in [6, 6.07) is 5.86. The second-order valence-electron chi connectivity index (χ2n) is 3.47. The Hall–Kier alpha value is -0.800. The van der Waals surface area contributed by atoms with Crippen LogP contribution in [0, 0.1) is 13.8 Å². The molecule has 0 spiro atoms. The molecule has 0 saturated heterocycles. The molecule has 2 aromatic rings. The van der Waals surface area contributed by atoms with Crippen LogP contribution in [-0.2, 0) is 0 Å². The summed E-state index contributed by atoms with van der Waals surface area (Å²) in [5, 5.41) is 7.79. The third kappa shape index (κ3) is 1.94. The van der Waals surface area contributed by atoms with Crippen LogP contribution in [0.5, 0.6) is 0 Å². The maximum Gasteiger partial charge on any atom is 0.135 e. The first-order valence-corrected chi connectivity index (χ1v) is 5.73. The Bertz CT molecular complexity index is 486. The first-order chi connectivity index (χ1) is 7.09. The lowest BCUT2D eigenvalue weighted by Crippen LogP contribution is -1.85. The quantitative estimate of drug-likeness (QED) is 0.839. The number of halogens is 2. The van der Waals surface area contributed by atoms with Crippen molar-refractivity contribution < 1.29 is 0 Å². The first-order valence-electron chi connectivity index (χ1n) is 4.56. The van der Waals surface area contributed by atoms with E-state index in [0.717, 1.165) is 26.4 Å². The normalized spacial score (nSPS) is 10.7. The Morgan fingerprint density at radius 1 is 1.33 bits per heavy atom. The lowest BCUT2D eigenvalue weighted by molar-refractivity contribution is 1.03. The minimum absolute atomic E-state index is 0.739. The molecule has 1 heterocycles. The Morgan fingerprint density at radius 2 is 2.07 bits per heavy atom. The van der Waals surface area contributed by atoms with Gasteiger partial charge in [0.2, 0.25) is 0 Å². The first kappa shape index (κ1) is 10.7. The lowest BCUT2D eigenvalue weighted by Gasteiger charge is -2.05. The Balaban J connectivity index is 2.68. The predicted molar refractivity (Wildman–Crippen MR) is 66.2 cm³/mol. The van der Waals surface area contributed by atoms with Gasteiger partial charge in [-0.1, -0.05) is 17.7 Å². The fourth-order valence-electron chi connectivity index (χ4n) is 1.58. The maximum atomic E-state index is 5.99. The zero-order chi connectivity index (χ0) is 11.0. The van der Waals surface area contributed by atoms with Gasteiger partial charge in [-0.15, -0.1) is 0 Å². The Kier molecular flexibility index (Phi) is 2.85. The van der Waals surface area contributed by atoms with E-state index in [1.165, 1.54) is 5.56 Å². The third-order valence-corrected chi connectivity index (χ3v) is 3.18. The maximum absolute atomic E-state index is 5.99. The highest BCUT2D eigenvalue weighted by Gasteiger charge is 2.12. The SMILES string of the molecule is Cc1ccc(Cl)cc1-c1c(Br)n[nH]c1C. The van der Waals surface area contributed by atoms with Crippen molar-refractivity contribution in [3.63, 3.8) is 0 Å². The van der Waals surface area contributed by atoms with Crippen molar-refractivity contribution in [3.8, 4) is 11.1 Å². The summed E-state index contributed by atoms with van der Waals surface area (Å²) >= 11 is 9.42. The monoisotopic (exact) mass is 284 g/mol. The molecule has 78 valence electrons. The number of benzene rings is 1. The summed E-state index contributed by atoms with van der Waals surface area (Å²) in [6.45, 7) is 4.05. The molecular formula is C11H10BrClN2. The van der Waals surface area contributed by atoms with Gasteiger partial charge in [0.1, 0.15) is 4.60 Å². The van der Waals surface area contributed by atoms with E-state index in [-0.39, 0.29) is 0 Å². The van der Waals surface area contributed by atoms with Crippen LogP contribution in [-0.4, -0.2) is 10.2 Å². The van der Waals surface area contributed by atoms with Crippen molar-refractivity contribution in [2.24, 2.45) is 0 Å². The second-order valence-corrected chi connectivity index (χ2v) is 4.66. The summed E-state index contributed by atoms with van der Waals surface area (Å²) in [4.78, 5) is 0. The summed E-state index contributed by atoms with van der Waals surface area (Å²) in [5.41, 5.74) is 4.41. The number of nitrogens with one attached hydrogen (secondary N) is 1. The highest BCUT2D eigenvalue weighted by Crippen LogP contribution is 2.33. The van der Waals surface area contributed by atoms with E-state index in [2.05, 4.69) is 33.1 Å². The fraction of sp³-hybridized carbons (Fsp3) is 0.182. The number of hydrogen-bond acceptors (Lipinski definition) is 1. The van der Waals surface area contributed by atoms with E-state index in [9.17, 15) is 0 Å². The fourth-order valence-corrected chi connectivity index (χ4v) is 2.35. The number of hydrogen-bond donors (Lipinski definition) is 1. The lowest BCUT2D eigenvalue weighted by atomic mass is 10.0. The molecule has 0 bridgehead atoms. The molecule has 0 radical (unpaired) electrons. The van der Waals surface area contributed by atoms with E-state index in [1.807, 2.05) is 25.1 Å². The third-order valence-electron chi connectivity index (χ3n) is 2.37. The van der Waals surface area contributed by atoms with Gasteiger partial charge in [0.25, 0.3) is 0 Å². The minimum Gasteiger partial charge on any atom is -0.281 e. The highest BCUT2D eigenvalue weighted by atomic mass is 79.9. The average Bonchev–Trinajstić information content (AvgIpc) is 2.51. The molecule has 0 aliphatic rings. The van der Waals surface area contributed by atoms with Crippen LogP contribution in [0.1, 0.15) is 11.3 Å². The summed E-state index contributed by atoms with van der Waals surface area (Å²) in [5.74, 6) is 0. The van der Waals surface area contributed by atoms with Gasteiger partial charge in [0.15, 0.2) is 0 Å². The van der Waals surface area contributed by atoms with Crippen LogP contribution in [0.25, 0.3) is 11.1 Å². The molecule has 1 aromatic heterocycles. The minimum atomic E-state index is 0.739. The van der Waals surface area contributed by atoms with E-state index in [1.54, 1.807) is 0 Å². The van der Waals surface area contributed by atoms with Gasteiger partial charge in [-0.3, -0.25) is 5.10 Å². The predicted octanol–water partition coefficient (Wildman–Crippen LogP) is 4.11. The van der Waals surface area contributed by atoms with E-state index >= 15 is 0 Å². The molecular weight excluding hydrogens is 275 g/mol. The molecule has 2 nitrogen and oxygen atoms in total. The van der Waals surface area contributed by atoms with Gasteiger partial charge >= 0.3 is 0 Å². The Labute approximate surface area is 102 Å². The molecule has 0 unspecified atom stereocenters. The highest BCUT2D eigenvalue weighted by molar-refractivity contribution is 9.10. The Morgan fingerprint density at radius 3 is 2.67 bits per heavy atom. The average molecular weight is 286 g/mol. The largest absolute Gasteiger partial charge is 0.281 e. The molecule has 0 saturated carbocycles. The van der Waals surface area contributed by atoms with Crippen LogP contribution < -0.4 is 0 Å². The van der Waals surface area contributed by atoms with Crippen LogP contribution in [0.2, 0.25) is 5.02 Å². The number of aromatic amines is 1. The molecule has 1 aromatic carbocycles. The molecule has 0 aliphatic heterocycles. The van der Waals surface area contributed by atoms with Gasteiger partial charge in [0, 0.05) is 16.3 Å². The van der Waals surface area contributed by atoms with E-state index in [4.69, 9.17) is 11.6 Å². The van der Waals surface area contributed by atoms with Gasteiger partial charge in [-0.05, 0) is 53.0 Å². The van der Waals surface area contributed by atoms with Gasteiger partial charge in [0.05, 0.1) is 0 Å². The summed E-state index contributed by atoms with van der Waals surface area (Å²) < 4.78 is 0.824. The number of aromatic nitrogens is 2. The van der Waals surface area contributed by atoms with Crippen LogP contribution in [0.15, 0.2) is 22.8 Å². The van der Waals surface area contributed by atoms with Gasteiger partial charge in [-0.25, -0.2) is 0 Å². The molecule has 0 amide bonds. The molecule has 0 fully saturated rings. The van der Waals surface area contributed by atoms with Crippen LogP contribution >= 0.6 is 27.5 Å². The van der Waals surface area contributed by atoms with Crippen molar-refractivity contribution in [2.75, 3.05) is 0 Å². The van der Waals surface area contributed by atoms with Crippen molar-refractivity contribution in [1.29, 1.82) is 0 Å². The van der Waals surface area contributed by atoms with Crippen LogP contribution in [0.4, 0.5) is 0 Å². The summed E-state index contributed by atoms with van der Waals surface area (Å²) in [6.07, 6.45) is 0. The van der Waals surface area contributed by atoms with Crippen LogP contribution in [0.3, 0.4) is 0 Å². The van der Waals surface area contributed by atoms with E-state index < -0.39 is 0 Å². The second kappa shape index (κ2) is 3.99. The smallest absolute Gasteiger partial charge is 0.135 e. The number of aryl methyl sites for hydroxylation is 2. The number of rotatable bonds is 1. The van der Waals surface area contributed by atoms with Crippen molar-refractivity contribution in [2.45, 2.75) is 13.8 Å². The van der Waals surface area contributed by atoms with Crippen molar-refractivity contribution >= 4 is 27.5 Å².